The molecule has 0 fully saturated rings. The van der Waals surface area contributed by atoms with Gasteiger partial charge in [0.05, 0.1) is 34.1 Å². The maximum absolute atomic E-state index is 12.3. The molecule has 0 radical (unpaired) electrons. The average molecular weight is 487 g/mol. The Morgan fingerprint density at radius 2 is 1.81 bits per heavy atom. The van der Waals surface area contributed by atoms with Crippen molar-refractivity contribution in [2.75, 3.05) is 27.9 Å². The predicted molar refractivity (Wildman–Crippen MR) is 106 cm³/mol. The monoisotopic (exact) mass is 487 g/mol. The van der Waals surface area contributed by atoms with Gasteiger partial charge in [0.15, 0.2) is 15.3 Å². The fraction of sp³-hybridized carbons (Fsp3) is 0.235. The second-order valence-corrected chi connectivity index (χ2v) is 6.09. The third-order valence-electron chi connectivity index (χ3n) is 3.31. The minimum absolute atomic E-state index is 0.256. The maximum Gasteiger partial charge on any atom is 0.259 e. The van der Waals surface area contributed by atoms with Crippen molar-refractivity contribution < 1.29 is 28.2 Å². The summed E-state index contributed by atoms with van der Waals surface area (Å²) in [4.78, 5) is 24.1. The van der Waals surface area contributed by atoms with E-state index in [2.05, 4.69) is 15.8 Å². The highest BCUT2D eigenvalue weighted by Gasteiger charge is 2.17. The van der Waals surface area contributed by atoms with Crippen molar-refractivity contribution in [2.45, 2.75) is 0 Å². The highest BCUT2D eigenvalue weighted by Crippen LogP contribution is 2.38. The molecule has 2 aromatic rings. The molecule has 0 spiro atoms. The Morgan fingerprint density at radius 3 is 2.33 bits per heavy atom. The first-order valence-corrected chi connectivity index (χ1v) is 8.71. The standard InChI is InChI=1S/C17H18IN3O6/c1-24-12-6-10(7-13(25-2)16(12)26-3)17(23)19-9-15(22)21-20-8-11-4-5-14(18)27-11/h4-8H,9H2,1-3H3,(H,19,23)(H,21,22). The molecule has 0 saturated heterocycles. The van der Waals surface area contributed by atoms with Crippen LogP contribution in [0.4, 0.5) is 0 Å². The second-order valence-electron chi connectivity index (χ2n) is 5.03. The first-order chi connectivity index (χ1) is 13.0. The second kappa shape index (κ2) is 9.80. The molecule has 144 valence electrons. The van der Waals surface area contributed by atoms with E-state index < -0.39 is 11.8 Å². The number of amides is 2. The van der Waals surface area contributed by atoms with Crippen molar-refractivity contribution in [3.8, 4) is 17.2 Å². The van der Waals surface area contributed by atoms with Gasteiger partial charge in [0.25, 0.3) is 11.8 Å². The summed E-state index contributed by atoms with van der Waals surface area (Å²) in [6, 6.07) is 6.46. The van der Waals surface area contributed by atoms with Crippen LogP contribution in [0, 0.1) is 3.77 Å². The molecular weight excluding hydrogens is 469 g/mol. The number of carbonyl (C=O) groups excluding carboxylic acids is 2. The Bertz CT molecular complexity index is 824. The molecule has 1 heterocycles. The number of methoxy groups -OCH3 is 3. The molecule has 0 atom stereocenters. The van der Waals surface area contributed by atoms with Gasteiger partial charge in [-0.15, -0.1) is 0 Å². The van der Waals surface area contributed by atoms with Crippen LogP contribution in [0.3, 0.4) is 0 Å². The summed E-state index contributed by atoms with van der Waals surface area (Å²) < 4.78 is 21.6. The highest BCUT2D eigenvalue weighted by molar-refractivity contribution is 14.1. The first-order valence-electron chi connectivity index (χ1n) is 7.64. The van der Waals surface area contributed by atoms with Gasteiger partial charge >= 0.3 is 0 Å². The minimum atomic E-state index is -0.492. The lowest BCUT2D eigenvalue weighted by atomic mass is 10.1. The number of hydrogen-bond donors (Lipinski definition) is 2. The number of halogens is 1. The van der Waals surface area contributed by atoms with Crippen LogP contribution < -0.4 is 25.0 Å². The average Bonchev–Trinajstić information content (AvgIpc) is 3.09. The quantitative estimate of drug-likeness (QED) is 0.334. The largest absolute Gasteiger partial charge is 0.493 e. The number of nitrogens with zero attached hydrogens (tertiary/aromatic N) is 1. The van der Waals surface area contributed by atoms with Gasteiger partial charge in [0.2, 0.25) is 5.75 Å². The van der Waals surface area contributed by atoms with E-state index in [4.69, 9.17) is 18.6 Å². The molecule has 1 aromatic heterocycles. The zero-order valence-electron chi connectivity index (χ0n) is 14.9. The van der Waals surface area contributed by atoms with Crippen LogP contribution in [-0.4, -0.2) is 45.9 Å². The number of furan rings is 1. The molecule has 27 heavy (non-hydrogen) atoms. The molecule has 10 heteroatoms. The van der Waals surface area contributed by atoms with Crippen LogP contribution >= 0.6 is 22.6 Å². The Hall–Kier alpha value is -2.76. The number of hydrogen-bond acceptors (Lipinski definition) is 7. The molecule has 2 rings (SSSR count). The van der Waals surface area contributed by atoms with Gasteiger partial charge in [0.1, 0.15) is 5.76 Å². The Kier molecular flexibility index (Phi) is 7.46. The van der Waals surface area contributed by atoms with Gasteiger partial charge in [-0.3, -0.25) is 9.59 Å². The molecule has 2 N–H and O–H groups in total. The summed E-state index contributed by atoms with van der Waals surface area (Å²) in [6.45, 7) is -0.261. The lowest BCUT2D eigenvalue weighted by molar-refractivity contribution is -0.120. The summed E-state index contributed by atoms with van der Waals surface area (Å²) in [6.07, 6.45) is 1.36. The summed E-state index contributed by atoms with van der Waals surface area (Å²) in [5.74, 6) is 0.577. The Labute approximate surface area is 169 Å². The fourth-order valence-corrected chi connectivity index (χ4v) is 2.51. The molecule has 0 bridgehead atoms. The highest BCUT2D eigenvalue weighted by atomic mass is 127. The van der Waals surface area contributed by atoms with Gasteiger partial charge in [-0.05, 0) is 46.9 Å². The van der Waals surface area contributed by atoms with Crippen LogP contribution in [0.5, 0.6) is 17.2 Å². The van der Waals surface area contributed by atoms with Crippen LogP contribution in [0.2, 0.25) is 0 Å². The predicted octanol–water partition coefficient (Wildman–Crippen LogP) is 1.79. The van der Waals surface area contributed by atoms with Crippen molar-refractivity contribution in [3.63, 3.8) is 0 Å². The van der Waals surface area contributed by atoms with Crippen molar-refractivity contribution in [1.29, 1.82) is 0 Å². The molecule has 2 amide bonds. The van der Waals surface area contributed by atoms with E-state index in [1.165, 1.54) is 39.7 Å². The van der Waals surface area contributed by atoms with Crippen molar-refractivity contribution in [1.82, 2.24) is 10.7 Å². The van der Waals surface area contributed by atoms with E-state index >= 15 is 0 Å². The third-order valence-corrected chi connectivity index (χ3v) is 3.89. The van der Waals surface area contributed by atoms with Gasteiger partial charge in [-0.2, -0.15) is 5.10 Å². The van der Waals surface area contributed by atoms with E-state index in [0.717, 1.165) is 0 Å². The third kappa shape index (κ3) is 5.61. The first kappa shape index (κ1) is 20.6. The van der Waals surface area contributed by atoms with Crippen molar-refractivity contribution in [3.05, 3.63) is 39.4 Å². The van der Waals surface area contributed by atoms with Crippen molar-refractivity contribution in [2.24, 2.45) is 5.10 Å². The summed E-state index contributed by atoms with van der Waals surface area (Å²) in [5.41, 5.74) is 2.55. The van der Waals surface area contributed by atoms with Crippen LogP contribution in [0.1, 0.15) is 16.1 Å². The molecule has 1 aromatic carbocycles. The minimum Gasteiger partial charge on any atom is -0.493 e. The number of nitrogens with one attached hydrogen (secondary N) is 2. The molecule has 0 unspecified atom stereocenters. The molecular formula is C17H18IN3O6. The molecule has 0 aliphatic rings. The van der Waals surface area contributed by atoms with Crippen LogP contribution in [-0.2, 0) is 4.79 Å². The van der Waals surface area contributed by atoms with Gasteiger partial charge < -0.3 is 23.9 Å². The number of hydrazone groups is 1. The van der Waals surface area contributed by atoms with Gasteiger partial charge in [-0.1, -0.05) is 0 Å². The number of benzene rings is 1. The SMILES string of the molecule is COc1cc(C(=O)NCC(=O)NN=Cc2ccc(I)o2)cc(OC)c1OC. The van der Waals surface area contributed by atoms with E-state index in [0.29, 0.717) is 26.8 Å². The number of carbonyl (C=O) groups is 2. The smallest absolute Gasteiger partial charge is 0.259 e. The normalized spacial score (nSPS) is 10.5. The zero-order valence-corrected chi connectivity index (χ0v) is 17.0. The topological polar surface area (TPSA) is 111 Å². The molecule has 0 aliphatic heterocycles. The van der Waals surface area contributed by atoms with Gasteiger partial charge in [-0.25, -0.2) is 5.43 Å². The van der Waals surface area contributed by atoms with Crippen LogP contribution in [0.25, 0.3) is 0 Å². The molecule has 9 nitrogen and oxygen atoms in total. The Morgan fingerprint density at radius 1 is 1.15 bits per heavy atom. The van der Waals surface area contributed by atoms with E-state index in [9.17, 15) is 9.59 Å². The van der Waals surface area contributed by atoms with Crippen LogP contribution in [0.15, 0.2) is 33.8 Å². The van der Waals surface area contributed by atoms with Crippen molar-refractivity contribution >= 4 is 40.6 Å². The number of rotatable bonds is 8. The maximum atomic E-state index is 12.3. The zero-order chi connectivity index (χ0) is 19.8. The number of ether oxygens (including phenoxy) is 3. The van der Waals surface area contributed by atoms with E-state index in [1.807, 2.05) is 22.6 Å². The lowest BCUT2D eigenvalue weighted by Crippen LogP contribution is -2.34. The van der Waals surface area contributed by atoms with Gasteiger partial charge in [0, 0.05) is 5.56 Å². The van der Waals surface area contributed by atoms with E-state index in [-0.39, 0.29) is 12.1 Å². The fourth-order valence-electron chi connectivity index (χ4n) is 2.08. The lowest BCUT2D eigenvalue weighted by Gasteiger charge is -2.13. The summed E-state index contributed by atoms with van der Waals surface area (Å²) in [7, 11) is 4.36. The molecule has 0 saturated carbocycles. The summed E-state index contributed by atoms with van der Waals surface area (Å²) in [5, 5.41) is 6.24. The van der Waals surface area contributed by atoms with E-state index in [1.54, 1.807) is 12.1 Å². The summed E-state index contributed by atoms with van der Waals surface area (Å²) >= 11 is 2.02. The molecule has 0 aliphatic carbocycles. The Balaban J connectivity index is 1.94.